The van der Waals surface area contributed by atoms with Crippen molar-refractivity contribution < 1.29 is 9.59 Å². The summed E-state index contributed by atoms with van der Waals surface area (Å²) in [4.78, 5) is 35.3. The number of para-hydroxylation sites is 1. The molecule has 1 N–H and O–H groups in total. The molecule has 2 aromatic rings. The lowest BCUT2D eigenvalue weighted by molar-refractivity contribution is -0.119. The Hall–Kier alpha value is -2.96. The summed E-state index contributed by atoms with van der Waals surface area (Å²) < 4.78 is 0. The lowest BCUT2D eigenvalue weighted by atomic mass is 10.1. The third-order valence-electron chi connectivity index (χ3n) is 4.61. The lowest BCUT2D eigenvalue weighted by Crippen LogP contribution is -2.48. The van der Waals surface area contributed by atoms with Gasteiger partial charge in [-0.15, -0.1) is 0 Å². The zero-order valence-electron chi connectivity index (χ0n) is 15.1. The Kier molecular flexibility index (Phi) is 5.46. The summed E-state index contributed by atoms with van der Waals surface area (Å²) in [5.41, 5.74) is 3.70. The fraction of sp³-hybridized carbons (Fsp3) is 0.368. The molecule has 1 saturated heterocycles. The van der Waals surface area contributed by atoms with Crippen LogP contribution in [0.25, 0.3) is 0 Å². The number of carbonyl (C=O) groups excluding carboxylic acids is 2. The quantitative estimate of drug-likeness (QED) is 0.832. The highest BCUT2D eigenvalue weighted by Gasteiger charge is 2.22. The van der Waals surface area contributed by atoms with Gasteiger partial charge in [0.2, 0.25) is 6.41 Å². The first-order chi connectivity index (χ1) is 12.6. The number of aryl methyl sites for hydroxylation is 2. The van der Waals surface area contributed by atoms with Gasteiger partial charge >= 0.3 is 0 Å². The van der Waals surface area contributed by atoms with Gasteiger partial charge in [-0.1, -0.05) is 25.1 Å². The van der Waals surface area contributed by atoms with Crippen molar-refractivity contribution in [3.8, 4) is 0 Å². The Balaban J connectivity index is 1.69. The highest BCUT2D eigenvalue weighted by Crippen LogP contribution is 2.24. The Labute approximate surface area is 153 Å². The van der Waals surface area contributed by atoms with Crippen LogP contribution in [-0.4, -0.2) is 58.3 Å². The van der Waals surface area contributed by atoms with Crippen LogP contribution < -0.4 is 5.32 Å². The van der Waals surface area contributed by atoms with Gasteiger partial charge in [0, 0.05) is 31.9 Å². The SMILES string of the molecule is CCc1cccc(C)c1Nc1cnc(C(=O)N2CCN(C=O)CC2)cn1. The number of amides is 2. The van der Waals surface area contributed by atoms with Crippen molar-refractivity contribution in [2.24, 2.45) is 0 Å². The van der Waals surface area contributed by atoms with Crippen molar-refractivity contribution in [1.29, 1.82) is 0 Å². The number of hydrogen-bond donors (Lipinski definition) is 1. The van der Waals surface area contributed by atoms with Crippen LogP contribution in [0.15, 0.2) is 30.6 Å². The average molecular weight is 353 g/mol. The topological polar surface area (TPSA) is 78.4 Å². The van der Waals surface area contributed by atoms with Crippen LogP contribution in [0.4, 0.5) is 11.5 Å². The lowest BCUT2D eigenvalue weighted by Gasteiger charge is -2.32. The molecule has 3 rings (SSSR count). The highest BCUT2D eigenvalue weighted by atomic mass is 16.2. The van der Waals surface area contributed by atoms with E-state index in [4.69, 9.17) is 0 Å². The van der Waals surface area contributed by atoms with Crippen LogP contribution >= 0.6 is 0 Å². The summed E-state index contributed by atoms with van der Waals surface area (Å²) in [6, 6.07) is 6.17. The van der Waals surface area contributed by atoms with Crippen molar-refractivity contribution in [3.05, 3.63) is 47.4 Å². The molecule has 1 aromatic heterocycles. The van der Waals surface area contributed by atoms with Crippen molar-refractivity contribution in [2.45, 2.75) is 20.3 Å². The van der Waals surface area contributed by atoms with Crippen LogP contribution in [-0.2, 0) is 11.2 Å². The molecule has 0 aliphatic carbocycles. The van der Waals surface area contributed by atoms with Crippen LogP contribution in [0.1, 0.15) is 28.5 Å². The van der Waals surface area contributed by atoms with E-state index in [0.29, 0.717) is 37.7 Å². The fourth-order valence-electron chi connectivity index (χ4n) is 3.03. The minimum atomic E-state index is -0.153. The number of aromatic nitrogens is 2. The van der Waals surface area contributed by atoms with Gasteiger partial charge in [-0.3, -0.25) is 9.59 Å². The minimum absolute atomic E-state index is 0.153. The summed E-state index contributed by atoms with van der Waals surface area (Å²) in [6.45, 7) is 6.29. The Morgan fingerprint density at radius 2 is 1.96 bits per heavy atom. The molecule has 1 fully saturated rings. The normalized spacial score (nSPS) is 14.2. The fourth-order valence-corrected chi connectivity index (χ4v) is 3.03. The van der Waals surface area contributed by atoms with E-state index in [1.54, 1.807) is 16.0 Å². The molecular formula is C19H23N5O2. The number of nitrogens with zero attached hydrogens (tertiary/aromatic N) is 4. The molecule has 7 heteroatoms. The van der Waals surface area contributed by atoms with Crippen LogP contribution in [0.2, 0.25) is 0 Å². The van der Waals surface area contributed by atoms with E-state index in [9.17, 15) is 9.59 Å². The van der Waals surface area contributed by atoms with E-state index in [1.165, 1.54) is 11.8 Å². The minimum Gasteiger partial charge on any atom is -0.342 e. The van der Waals surface area contributed by atoms with Crippen molar-refractivity contribution >= 4 is 23.8 Å². The monoisotopic (exact) mass is 353 g/mol. The molecule has 0 bridgehead atoms. The van der Waals surface area contributed by atoms with Crippen molar-refractivity contribution in [1.82, 2.24) is 19.8 Å². The maximum absolute atomic E-state index is 12.5. The van der Waals surface area contributed by atoms with Crippen LogP contribution in [0.3, 0.4) is 0 Å². The van der Waals surface area contributed by atoms with Gasteiger partial charge < -0.3 is 15.1 Å². The van der Waals surface area contributed by atoms with E-state index >= 15 is 0 Å². The number of hydrogen-bond acceptors (Lipinski definition) is 5. The third-order valence-corrected chi connectivity index (χ3v) is 4.61. The molecule has 2 amide bonds. The molecule has 0 saturated carbocycles. The smallest absolute Gasteiger partial charge is 0.274 e. The second-order valence-corrected chi connectivity index (χ2v) is 6.31. The number of benzene rings is 1. The molecule has 1 aromatic carbocycles. The van der Waals surface area contributed by atoms with Gasteiger partial charge in [-0.25, -0.2) is 9.97 Å². The first kappa shape index (κ1) is 17.8. The second kappa shape index (κ2) is 7.95. The summed E-state index contributed by atoms with van der Waals surface area (Å²) >= 11 is 0. The standard InChI is InChI=1S/C19H23N5O2/c1-3-15-6-4-5-14(2)18(15)22-17-12-20-16(11-21-17)19(26)24-9-7-23(13-25)8-10-24/h4-6,11-13H,3,7-10H2,1-2H3,(H,21,22). The first-order valence-corrected chi connectivity index (χ1v) is 8.78. The highest BCUT2D eigenvalue weighted by molar-refractivity contribution is 5.92. The number of anilines is 2. The first-order valence-electron chi connectivity index (χ1n) is 8.78. The predicted molar refractivity (Wildman–Crippen MR) is 99.4 cm³/mol. The zero-order chi connectivity index (χ0) is 18.5. The summed E-state index contributed by atoms with van der Waals surface area (Å²) in [7, 11) is 0. The number of carbonyl (C=O) groups is 2. The van der Waals surface area contributed by atoms with E-state index < -0.39 is 0 Å². The van der Waals surface area contributed by atoms with Gasteiger partial charge in [-0.2, -0.15) is 0 Å². The molecular weight excluding hydrogens is 330 g/mol. The summed E-state index contributed by atoms with van der Waals surface area (Å²) in [5.74, 6) is 0.455. The van der Waals surface area contributed by atoms with E-state index in [1.807, 2.05) is 19.1 Å². The molecule has 136 valence electrons. The van der Waals surface area contributed by atoms with E-state index in [-0.39, 0.29) is 5.91 Å². The molecule has 0 spiro atoms. The van der Waals surface area contributed by atoms with Gasteiger partial charge in [0.05, 0.1) is 12.4 Å². The Bertz CT molecular complexity index is 783. The van der Waals surface area contributed by atoms with E-state index in [0.717, 1.165) is 24.1 Å². The van der Waals surface area contributed by atoms with Gasteiger partial charge in [0.1, 0.15) is 11.5 Å². The van der Waals surface area contributed by atoms with Crippen molar-refractivity contribution in [2.75, 3.05) is 31.5 Å². The second-order valence-electron chi connectivity index (χ2n) is 6.31. The molecule has 1 aliphatic heterocycles. The van der Waals surface area contributed by atoms with E-state index in [2.05, 4.69) is 28.3 Å². The largest absolute Gasteiger partial charge is 0.342 e. The molecule has 0 unspecified atom stereocenters. The third kappa shape index (κ3) is 3.82. The maximum Gasteiger partial charge on any atom is 0.274 e. The summed E-state index contributed by atoms with van der Waals surface area (Å²) in [6.07, 6.45) is 4.82. The van der Waals surface area contributed by atoms with Crippen molar-refractivity contribution in [3.63, 3.8) is 0 Å². The predicted octanol–water partition coefficient (Wildman–Crippen LogP) is 2.01. The molecule has 0 atom stereocenters. The molecule has 1 aliphatic rings. The maximum atomic E-state index is 12.5. The number of rotatable bonds is 5. The van der Waals surface area contributed by atoms with Crippen LogP contribution in [0, 0.1) is 6.92 Å². The number of nitrogens with one attached hydrogen (secondary N) is 1. The number of piperazine rings is 1. The zero-order valence-corrected chi connectivity index (χ0v) is 15.1. The molecule has 26 heavy (non-hydrogen) atoms. The molecule has 2 heterocycles. The van der Waals surface area contributed by atoms with Gasteiger partial charge in [-0.05, 0) is 24.5 Å². The molecule has 0 radical (unpaired) electrons. The van der Waals surface area contributed by atoms with Crippen LogP contribution in [0.5, 0.6) is 0 Å². The summed E-state index contributed by atoms with van der Waals surface area (Å²) in [5, 5.41) is 3.31. The Morgan fingerprint density at radius 1 is 1.19 bits per heavy atom. The average Bonchev–Trinajstić information content (AvgIpc) is 2.69. The van der Waals surface area contributed by atoms with Gasteiger partial charge in [0.25, 0.3) is 5.91 Å². The van der Waals surface area contributed by atoms with Gasteiger partial charge in [0.15, 0.2) is 0 Å². The molecule has 7 nitrogen and oxygen atoms in total. The Morgan fingerprint density at radius 3 is 2.58 bits per heavy atom.